The molecule has 11 heteroatoms. The summed E-state index contributed by atoms with van der Waals surface area (Å²) in [4.78, 5) is 26.4. The molecular formula is C16H22F2N4O5. The lowest BCUT2D eigenvalue weighted by atomic mass is 9.77. The third kappa shape index (κ3) is 3.79. The van der Waals surface area contributed by atoms with E-state index in [1.54, 1.807) is 0 Å². The summed E-state index contributed by atoms with van der Waals surface area (Å²) < 4.78 is 37.9. The maximum Gasteiger partial charge on any atom is 0.328 e. The van der Waals surface area contributed by atoms with E-state index in [1.165, 1.54) is 30.0 Å². The van der Waals surface area contributed by atoms with Gasteiger partial charge in [-0.25, -0.2) is 18.3 Å². The molecule has 2 heterocycles. The van der Waals surface area contributed by atoms with E-state index in [9.17, 15) is 18.4 Å². The number of methoxy groups -OCH3 is 2. The van der Waals surface area contributed by atoms with Gasteiger partial charge in [0.05, 0.1) is 26.0 Å². The van der Waals surface area contributed by atoms with Gasteiger partial charge in [-0.2, -0.15) is 0 Å². The van der Waals surface area contributed by atoms with Crippen molar-refractivity contribution in [1.82, 2.24) is 19.9 Å². The number of likely N-dealkylation sites (tertiary alicyclic amines) is 1. The van der Waals surface area contributed by atoms with Gasteiger partial charge < -0.3 is 19.5 Å². The van der Waals surface area contributed by atoms with Gasteiger partial charge in [-0.15, -0.1) is 5.10 Å². The van der Waals surface area contributed by atoms with Gasteiger partial charge in [0.1, 0.15) is 17.8 Å². The average Bonchev–Trinajstić information content (AvgIpc) is 3.26. The first-order valence-electron chi connectivity index (χ1n) is 8.60. The molecule has 2 aliphatic rings. The van der Waals surface area contributed by atoms with E-state index in [0.717, 1.165) is 0 Å². The van der Waals surface area contributed by atoms with Crippen LogP contribution in [-0.4, -0.2) is 75.7 Å². The normalized spacial score (nSPS) is 25.9. The van der Waals surface area contributed by atoms with Crippen molar-refractivity contribution in [3.05, 3.63) is 11.9 Å². The monoisotopic (exact) mass is 388 g/mol. The minimum Gasteiger partial charge on any atom is -0.467 e. The van der Waals surface area contributed by atoms with E-state index < -0.39 is 48.7 Å². The summed E-state index contributed by atoms with van der Waals surface area (Å²) >= 11 is 0. The zero-order chi connectivity index (χ0) is 19.8. The maximum atomic E-state index is 13.2. The highest BCUT2D eigenvalue weighted by Gasteiger charge is 2.53. The van der Waals surface area contributed by atoms with Crippen LogP contribution in [0.3, 0.4) is 0 Å². The fraction of sp³-hybridized carbons (Fsp3) is 0.750. The molecule has 0 radical (unpaired) electrons. The largest absolute Gasteiger partial charge is 0.467 e. The molecule has 1 saturated heterocycles. The maximum absolute atomic E-state index is 13.2. The Bertz CT molecular complexity index is 705. The molecule has 1 unspecified atom stereocenters. The first kappa shape index (κ1) is 19.6. The van der Waals surface area contributed by atoms with E-state index in [1.807, 2.05) is 0 Å². The van der Waals surface area contributed by atoms with E-state index in [4.69, 9.17) is 14.6 Å². The second-order valence-electron chi connectivity index (χ2n) is 6.95. The number of amides is 1. The Balaban J connectivity index is 1.78. The molecule has 9 nitrogen and oxygen atoms in total. The predicted octanol–water partition coefficient (Wildman–Crippen LogP) is 0.146. The fourth-order valence-corrected chi connectivity index (χ4v) is 3.75. The number of aliphatic hydroxyl groups excluding tert-OH is 1. The van der Waals surface area contributed by atoms with Crippen LogP contribution in [0, 0.1) is 5.92 Å². The number of hydrogen-bond donors (Lipinski definition) is 1. The zero-order valence-corrected chi connectivity index (χ0v) is 15.0. The number of halogens is 2. The number of aliphatic hydroxyl groups is 1. The molecule has 3 atom stereocenters. The minimum atomic E-state index is -2.78. The Labute approximate surface area is 154 Å². The van der Waals surface area contributed by atoms with Crippen LogP contribution in [0.4, 0.5) is 8.78 Å². The van der Waals surface area contributed by atoms with Crippen molar-refractivity contribution in [2.45, 2.75) is 50.0 Å². The highest BCUT2D eigenvalue weighted by molar-refractivity contribution is 5.88. The number of carbonyl (C=O) groups excluding carboxylic acids is 2. The summed E-state index contributed by atoms with van der Waals surface area (Å²) in [6, 6.07) is -1.22. The summed E-state index contributed by atoms with van der Waals surface area (Å²) in [6.45, 7) is -0.146. The Hall–Kier alpha value is -2.14. The topological polar surface area (TPSA) is 107 Å². The van der Waals surface area contributed by atoms with Crippen molar-refractivity contribution < 1.29 is 33.0 Å². The molecule has 150 valence electrons. The molecule has 0 aromatic carbocycles. The summed E-state index contributed by atoms with van der Waals surface area (Å²) in [5.74, 6) is -4.49. The number of carbonyl (C=O) groups is 2. The minimum absolute atomic E-state index is 0.135. The fourth-order valence-electron chi connectivity index (χ4n) is 3.75. The Morgan fingerprint density at radius 1 is 1.41 bits per heavy atom. The predicted molar refractivity (Wildman–Crippen MR) is 85.6 cm³/mol. The molecular weight excluding hydrogens is 366 g/mol. The van der Waals surface area contributed by atoms with Crippen LogP contribution >= 0.6 is 0 Å². The van der Waals surface area contributed by atoms with Gasteiger partial charge in [0.25, 0.3) is 5.91 Å². The smallest absolute Gasteiger partial charge is 0.328 e. The number of rotatable bonds is 6. The average molecular weight is 388 g/mol. The van der Waals surface area contributed by atoms with Gasteiger partial charge in [0.2, 0.25) is 5.92 Å². The van der Waals surface area contributed by atoms with E-state index in [0.29, 0.717) is 5.69 Å². The van der Waals surface area contributed by atoms with Gasteiger partial charge in [0, 0.05) is 38.8 Å². The lowest BCUT2D eigenvalue weighted by molar-refractivity contribution is -0.173. The second-order valence-corrected chi connectivity index (χ2v) is 6.95. The van der Waals surface area contributed by atoms with Crippen molar-refractivity contribution in [3.8, 4) is 0 Å². The molecule has 0 bridgehead atoms. The number of esters is 1. The molecule has 1 aromatic rings. The molecule has 1 aromatic heterocycles. The Morgan fingerprint density at radius 3 is 2.63 bits per heavy atom. The molecule has 1 aliphatic carbocycles. The van der Waals surface area contributed by atoms with Gasteiger partial charge in [0.15, 0.2) is 0 Å². The van der Waals surface area contributed by atoms with Crippen molar-refractivity contribution in [1.29, 1.82) is 0 Å². The number of aromatic nitrogens is 3. The molecule has 2 fully saturated rings. The van der Waals surface area contributed by atoms with Gasteiger partial charge in [-0.3, -0.25) is 4.79 Å². The van der Waals surface area contributed by atoms with Gasteiger partial charge in [-0.1, -0.05) is 5.21 Å². The van der Waals surface area contributed by atoms with Crippen LogP contribution in [0.15, 0.2) is 6.20 Å². The number of ether oxygens (including phenoxy) is 2. The highest BCUT2D eigenvalue weighted by atomic mass is 19.3. The van der Waals surface area contributed by atoms with E-state index in [-0.39, 0.29) is 25.6 Å². The Morgan fingerprint density at radius 2 is 2.11 bits per heavy atom. The summed E-state index contributed by atoms with van der Waals surface area (Å²) in [7, 11) is 2.52. The van der Waals surface area contributed by atoms with Crippen molar-refractivity contribution in [2.75, 3.05) is 20.8 Å². The molecule has 1 aliphatic heterocycles. The lowest BCUT2D eigenvalue weighted by Gasteiger charge is -2.40. The summed E-state index contributed by atoms with van der Waals surface area (Å²) in [5, 5.41) is 16.8. The van der Waals surface area contributed by atoms with Gasteiger partial charge in [-0.05, 0) is 0 Å². The summed E-state index contributed by atoms with van der Waals surface area (Å²) in [6.07, 6.45) is -0.100. The van der Waals surface area contributed by atoms with Crippen molar-refractivity contribution in [3.63, 3.8) is 0 Å². The SMILES string of the molecule is COC(=O)[C@H]1C[C@@H](n2cc(CO)nn2)CN1C(=O)C(OC)C1CC(F)(F)C1. The quantitative estimate of drug-likeness (QED) is 0.691. The first-order chi connectivity index (χ1) is 12.8. The van der Waals surface area contributed by atoms with Crippen LogP contribution < -0.4 is 0 Å². The molecule has 0 spiro atoms. The molecule has 27 heavy (non-hydrogen) atoms. The van der Waals surface area contributed by atoms with Crippen LogP contribution in [0.2, 0.25) is 0 Å². The third-order valence-corrected chi connectivity index (χ3v) is 5.18. The van der Waals surface area contributed by atoms with Crippen molar-refractivity contribution >= 4 is 11.9 Å². The van der Waals surface area contributed by atoms with Crippen LogP contribution in [0.1, 0.15) is 31.0 Å². The van der Waals surface area contributed by atoms with Crippen LogP contribution in [-0.2, 0) is 25.7 Å². The highest BCUT2D eigenvalue weighted by Crippen LogP contribution is 2.45. The standard InChI is InChI=1S/C16H22F2N4O5/c1-26-13(9-4-16(17,18)5-9)14(24)21-7-11(3-12(21)15(25)27-2)22-6-10(8-23)19-20-22/h6,9,11-13,23H,3-5,7-8H2,1-2H3/t11-,12-,13?/m1/s1. The molecule has 3 rings (SSSR count). The third-order valence-electron chi connectivity index (χ3n) is 5.18. The van der Waals surface area contributed by atoms with Crippen LogP contribution in [0.25, 0.3) is 0 Å². The number of hydrogen-bond acceptors (Lipinski definition) is 7. The van der Waals surface area contributed by atoms with Gasteiger partial charge >= 0.3 is 5.97 Å². The van der Waals surface area contributed by atoms with E-state index in [2.05, 4.69) is 10.3 Å². The summed E-state index contributed by atoms with van der Waals surface area (Å²) in [5.41, 5.74) is 0.362. The molecule has 1 amide bonds. The lowest BCUT2D eigenvalue weighted by Crippen LogP contribution is -2.53. The first-order valence-corrected chi connectivity index (χ1v) is 8.60. The zero-order valence-electron chi connectivity index (χ0n) is 15.0. The molecule has 1 N–H and O–H groups in total. The number of nitrogens with zero attached hydrogens (tertiary/aromatic N) is 4. The molecule has 1 saturated carbocycles. The number of alkyl halides is 2. The van der Waals surface area contributed by atoms with Crippen molar-refractivity contribution in [2.24, 2.45) is 5.92 Å². The Kier molecular flexibility index (Phi) is 5.43. The van der Waals surface area contributed by atoms with Crippen LogP contribution in [0.5, 0.6) is 0 Å². The van der Waals surface area contributed by atoms with E-state index >= 15 is 0 Å². The second kappa shape index (κ2) is 7.47.